The Balaban J connectivity index is 1.00. The zero-order valence-corrected chi connectivity index (χ0v) is 39.0. The minimum atomic E-state index is -1.46. The second-order valence-corrected chi connectivity index (χ2v) is 24.5. The zero-order chi connectivity index (χ0) is 44.7. The molecule has 12 rings (SSSR count). The van der Waals surface area contributed by atoms with E-state index in [4.69, 9.17) is 4.74 Å². The van der Waals surface area contributed by atoms with Crippen LogP contribution in [0.15, 0.2) is 212 Å². The summed E-state index contributed by atoms with van der Waals surface area (Å²) in [6.45, 7) is 11.9. The number of anilines is 6. The normalized spacial score (nSPS) is 13.2. The van der Waals surface area contributed by atoms with Gasteiger partial charge in [-0.2, -0.15) is 0 Å². The lowest BCUT2D eigenvalue weighted by molar-refractivity contribution is 0.487. The van der Waals surface area contributed by atoms with Crippen LogP contribution in [0.2, 0.25) is 19.6 Å². The highest BCUT2D eigenvalue weighted by Gasteiger charge is 2.36. The Morgan fingerprint density at radius 2 is 1.00 bits per heavy atom. The fourth-order valence-electron chi connectivity index (χ4n) is 10.6. The van der Waals surface area contributed by atoms with Crippen molar-refractivity contribution in [3.8, 4) is 44.9 Å². The lowest BCUT2D eigenvalue weighted by atomic mass is 9.82. The molecule has 0 unspecified atom stereocenters. The number of para-hydroxylation sites is 2. The van der Waals surface area contributed by atoms with Crippen LogP contribution >= 0.6 is 0 Å². The van der Waals surface area contributed by atoms with Gasteiger partial charge in [0.1, 0.15) is 11.5 Å². The average Bonchev–Trinajstić information content (AvgIpc) is 3.57. The van der Waals surface area contributed by atoms with Crippen LogP contribution in [-0.2, 0) is 5.41 Å². The van der Waals surface area contributed by atoms with Gasteiger partial charge in [-0.3, -0.25) is 0 Å². The topological polar surface area (TPSA) is 15.7 Å². The van der Waals surface area contributed by atoms with Crippen LogP contribution < -0.4 is 19.7 Å². The Labute approximate surface area is 388 Å². The molecule has 3 nitrogen and oxygen atoms in total. The van der Waals surface area contributed by atoms with Crippen molar-refractivity contribution in [3.63, 3.8) is 0 Å². The first kappa shape index (κ1) is 39.9. The summed E-state index contributed by atoms with van der Waals surface area (Å²) < 4.78 is 6.96. The SMILES string of the molecule is CC1(C)c2ccccc2-c2ccc(N(c3ccc4cc5c6c(cccc6c4c3)Oc3cc(N(c4ccccc4)c4ccc([Si](C)(C)C)cc4)ccc3-5)c3ccccc3-c3ccccc3)cc21. The molecular weight excluding hydrogens is 817 g/mol. The molecule has 2 aliphatic rings. The molecule has 0 amide bonds. The third-order valence-electron chi connectivity index (χ3n) is 14.0. The number of hydrogen-bond acceptors (Lipinski definition) is 3. The molecule has 10 aromatic carbocycles. The third-order valence-corrected chi connectivity index (χ3v) is 16.0. The molecule has 66 heavy (non-hydrogen) atoms. The minimum absolute atomic E-state index is 0.136. The molecule has 10 aromatic rings. The van der Waals surface area contributed by atoms with Gasteiger partial charge in [0.05, 0.1) is 13.8 Å². The van der Waals surface area contributed by atoms with Gasteiger partial charge in [0.15, 0.2) is 0 Å². The van der Waals surface area contributed by atoms with E-state index in [0.717, 1.165) is 56.6 Å². The molecule has 0 aromatic heterocycles. The van der Waals surface area contributed by atoms with Crippen molar-refractivity contribution in [2.45, 2.75) is 38.9 Å². The molecule has 1 aliphatic carbocycles. The quantitative estimate of drug-likeness (QED) is 0.112. The summed E-state index contributed by atoms with van der Waals surface area (Å²) in [5.41, 5.74) is 16.5. The second-order valence-electron chi connectivity index (χ2n) is 19.4. The van der Waals surface area contributed by atoms with E-state index in [2.05, 4.69) is 256 Å². The van der Waals surface area contributed by atoms with E-state index >= 15 is 0 Å². The van der Waals surface area contributed by atoms with E-state index in [1.54, 1.807) is 0 Å². The maximum absolute atomic E-state index is 6.96. The molecule has 1 heterocycles. The summed E-state index contributed by atoms with van der Waals surface area (Å²) in [5, 5.41) is 6.13. The van der Waals surface area contributed by atoms with Crippen LogP contribution in [-0.4, -0.2) is 8.07 Å². The highest BCUT2D eigenvalue weighted by Crippen LogP contribution is 2.53. The van der Waals surface area contributed by atoms with Gasteiger partial charge in [0.2, 0.25) is 0 Å². The van der Waals surface area contributed by atoms with Crippen molar-refractivity contribution in [3.05, 3.63) is 223 Å². The maximum atomic E-state index is 6.96. The molecule has 0 N–H and O–H groups in total. The monoisotopic (exact) mass is 866 g/mol. The van der Waals surface area contributed by atoms with Crippen molar-refractivity contribution in [2.24, 2.45) is 0 Å². The van der Waals surface area contributed by atoms with Gasteiger partial charge in [-0.1, -0.05) is 166 Å². The van der Waals surface area contributed by atoms with Gasteiger partial charge in [0.25, 0.3) is 0 Å². The van der Waals surface area contributed by atoms with Crippen molar-refractivity contribution < 1.29 is 4.74 Å². The highest BCUT2D eigenvalue weighted by molar-refractivity contribution is 6.88. The van der Waals surface area contributed by atoms with E-state index in [1.165, 1.54) is 60.3 Å². The van der Waals surface area contributed by atoms with Crippen molar-refractivity contribution in [1.29, 1.82) is 0 Å². The molecule has 0 spiro atoms. The summed E-state index contributed by atoms with van der Waals surface area (Å²) in [4.78, 5) is 4.79. The van der Waals surface area contributed by atoms with E-state index in [1.807, 2.05) is 0 Å². The maximum Gasteiger partial charge on any atom is 0.137 e. The Kier molecular flexibility index (Phi) is 9.20. The number of hydrogen-bond donors (Lipinski definition) is 0. The summed E-state index contributed by atoms with van der Waals surface area (Å²) in [6, 6.07) is 77.9. The Bertz CT molecular complexity index is 3520. The van der Waals surface area contributed by atoms with Gasteiger partial charge < -0.3 is 14.5 Å². The van der Waals surface area contributed by atoms with E-state index in [9.17, 15) is 0 Å². The molecule has 0 radical (unpaired) electrons. The van der Waals surface area contributed by atoms with E-state index in [-0.39, 0.29) is 5.41 Å². The molecular formula is C62H50N2OSi. The Morgan fingerprint density at radius 3 is 1.77 bits per heavy atom. The zero-order valence-electron chi connectivity index (χ0n) is 38.0. The third kappa shape index (κ3) is 6.47. The molecule has 0 saturated heterocycles. The number of fused-ring (bicyclic) bond motifs is 7. The van der Waals surface area contributed by atoms with Gasteiger partial charge in [-0.25, -0.2) is 0 Å². The summed E-state index contributed by atoms with van der Waals surface area (Å²) in [7, 11) is -1.46. The molecule has 0 fully saturated rings. The lowest BCUT2D eigenvalue weighted by Gasteiger charge is -2.30. The molecule has 318 valence electrons. The molecule has 0 bridgehead atoms. The standard InChI is InChI=1S/C62H50N2OSi/c1-62(2)56-24-14-12-22-50(56)51-35-31-46(39-57(51)62)64(58-25-15-13-21-49(58)41-17-8-6-9-18-41)45-28-27-42-37-55-52-36-32-47(40-60(52)65-59-26-16-23-53(61(55)59)54(42)38-45)63(43-19-10-7-11-20-43)44-29-33-48(34-30-44)66(3,4)5/h6-40H,1-5H3. The van der Waals surface area contributed by atoms with Crippen molar-refractivity contribution in [1.82, 2.24) is 0 Å². The molecule has 1 aliphatic heterocycles. The lowest BCUT2D eigenvalue weighted by Crippen LogP contribution is -2.37. The second kappa shape index (κ2) is 15.2. The van der Waals surface area contributed by atoms with Crippen LogP contribution in [0.4, 0.5) is 34.1 Å². The minimum Gasteiger partial charge on any atom is -0.456 e. The van der Waals surface area contributed by atoms with Gasteiger partial charge in [-0.15, -0.1) is 0 Å². The summed E-state index contributed by atoms with van der Waals surface area (Å²) >= 11 is 0. The first-order chi connectivity index (χ1) is 32.1. The van der Waals surface area contributed by atoms with Crippen molar-refractivity contribution in [2.75, 3.05) is 9.80 Å². The summed E-state index contributed by atoms with van der Waals surface area (Å²) in [6.07, 6.45) is 0. The molecule has 4 heteroatoms. The number of benzene rings is 10. The Morgan fingerprint density at radius 1 is 0.394 bits per heavy atom. The van der Waals surface area contributed by atoms with Gasteiger partial charge in [0, 0.05) is 56.4 Å². The van der Waals surface area contributed by atoms with Gasteiger partial charge in [-0.05, 0) is 128 Å². The van der Waals surface area contributed by atoms with Gasteiger partial charge >= 0.3 is 0 Å². The Hall–Kier alpha value is -7.66. The largest absolute Gasteiger partial charge is 0.456 e. The number of ether oxygens (including phenoxy) is 1. The summed E-state index contributed by atoms with van der Waals surface area (Å²) in [5.74, 6) is 1.73. The number of nitrogens with zero attached hydrogens (tertiary/aromatic N) is 2. The van der Waals surface area contributed by atoms with Crippen LogP contribution in [0, 0.1) is 0 Å². The van der Waals surface area contributed by atoms with Crippen LogP contribution in [0.1, 0.15) is 25.0 Å². The first-order valence-electron chi connectivity index (χ1n) is 23.1. The predicted octanol–water partition coefficient (Wildman–Crippen LogP) is 17.2. The molecule has 0 saturated carbocycles. The van der Waals surface area contributed by atoms with Crippen molar-refractivity contribution >= 4 is 68.9 Å². The first-order valence-corrected chi connectivity index (χ1v) is 26.6. The highest BCUT2D eigenvalue weighted by atomic mass is 28.3. The average molecular weight is 867 g/mol. The van der Waals surface area contributed by atoms with Crippen LogP contribution in [0.25, 0.3) is 54.9 Å². The number of rotatable bonds is 8. The fraction of sp³-hybridized carbons (Fsp3) is 0.0968. The smallest absolute Gasteiger partial charge is 0.137 e. The molecule has 0 atom stereocenters. The van der Waals surface area contributed by atoms with Crippen LogP contribution in [0.5, 0.6) is 11.5 Å². The fourth-order valence-corrected chi connectivity index (χ4v) is 11.8. The van der Waals surface area contributed by atoms with Crippen LogP contribution in [0.3, 0.4) is 0 Å². The van der Waals surface area contributed by atoms with E-state index in [0.29, 0.717) is 0 Å². The van der Waals surface area contributed by atoms with E-state index < -0.39 is 8.07 Å². The predicted molar refractivity (Wildman–Crippen MR) is 282 cm³/mol.